The molecule has 1 atom stereocenters. The van der Waals surface area contributed by atoms with E-state index in [9.17, 15) is 4.79 Å². The van der Waals surface area contributed by atoms with Crippen LogP contribution in [0.25, 0.3) is 16.7 Å². The molecular formula is C24H26Cl2N4O3. The van der Waals surface area contributed by atoms with Crippen molar-refractivity contribution in [2.24, 2.45) is 0 Å². The lowest BCUT2D eigenvalue weighted by Gasteiger charge is -2.51. The van der Waals surface area contributed by atoms with Gasteiger partial charge in [0.05, 0.1) is 30.2 Å². The van der Waals surface area contributed by atoms with E-state index in [-0.39, 0.29) is 17.7 Å². The molecule has 1 aromatic carbocycles. The van der Waals surface area contributed by atoms with E-state index in [1.54, 1.807) is 6.07 Å². The first-order chi connectivity index (χ1) is 15.7. The van der Waals surface area contributed by atoms with Gasteiger partial charge in [-0.2, -0.15) is 0 Å². The van der Waals surface area contributed by atoms with Gasteiger partial charge in [0, 0.05) is 5.69 Å². The van der Waals surface area contributed by atoms with Gasteiger partial charge in [-0.15, -0.1) is 0 Å². The number of aromatic nitrogens is 3. The summed E-state index contributed by atoms with van der Waals surface area (Å²) in [6.07, 6.45) is 4.18. The topological polar surface area (TPSA) is 69.5 Å². The number of nitrogens with zero attached hydrogens (tertiary/aromatic N) is 4. The summed E-state index contributed by atoms with van der Waals surface area (Å²) in [6, 6.07) is 9.42. The van der Waals surface area contributed by atoms with Gasteiger partial charge in [0.2, 0.25) is 0 Å². The van der Waals surface area contributed by atoms with Crippen LogP contribution in [-0.4, -0.2) is 49.9 Å². The molecule has 0 bridgehead atoms. The summed E-state index contributed by atoms with van der Waals surface area (Å²) in [4.78, 5) is 23.3. The first-order valence-electron chi connectivity index (χ1n) is 11.1. The van der Waals surface area contributed by atoms with Crippen LogP contribution in [0.1, 0.15) is 51.6 Å². The third kappa shape index (κ3) is 4.18. The molecule has 2 aliphatic rings. The van der Waals surface area contributed by atoms with E-state index in [0.29, 0.717) is 34.5 Å². The van der Waals surface area contributed by atoms with Crippen molar-refractivity contribution in [3.8, 4) is 5.69 Å². The molecule has 3 aromatic rings. The highest BCUT2D eigenvalue weighted by molar-refractivity contribution is 6.36. The van der Waals surface area contributed by atoms with Crippen LogP contribution in [0.5, 0.6) is 0 Å². The Morgan fingerprint density at radius 3 is 2.55 bits per heavy atom. The zero-order valence-electron chi connectivity index (χ0n) is 18.8. The predicted octanol–water partition coefficient (Wildman–Crippen LogP) is 5.96. The van der Waals surface area contributed by atoms with E-state index in [2.05, 4.69) is 9.97 Å². The molecule has 1 saturated carbocycles. The number of carbonyl (C=O) groups is 1. The molecule has 1 aliphatic heterocycles. The van der Waals surface area contributed by atoms with E-state index in [4.69, 9.17) is 32.7 Å². The highest BCUT2D eigenvalue weighted by Crippen LogP contribution is 2.43. The number of amides is 1. The molecule has 1 spiro atoms. The maximum absolute atomic E-state index is 13.1. The standard InChI is InChI=1S/C24H26Cl2N4O3/c1-23(2,3)33-22(31)29-13-24(9-4-10-24)32-12-18(29)15-5-7-16(8-6-15)30-19(25)11-17-20(26)27-14-28-21(17)30/h5-8,11,14,18H,4,9-10,12-13H2,1-3H3. The Morgan fingerprint density at radius 2 is 1.91 bits per heavy atom. The van der Waals surface area contributed by atoms with Gasteiger partial charge >= 0.3 is 6.09 Å². The first kappa shape index (κ1) is 22.4. The van der Waals surface area contributed by atoms with Crippen molar-refractivity contribution in [1.82, 2.24) is 19.4 Å². The fourth-order valence-electron chi connectivity index (χ4n) is 4.52. The van der Waals surface area contributed by atoms with Crippen molar-refractivity contribution in [3.63, 3.8) is 0 Å². The fraction of sp³-hybridized carbons (Fsp3) is 0.458. The van der Waals surface area contributed by atoms with Crippen molar-refractivity contribution < 1.29 is 14.3 Å². The van der Waals surface area contributed by atoms with Crippen LogP contribution in [0.4, 0.5) is 4.79 Å². The van der Waals surface area contributed by atoms with Crippen molar-refractivity contribution in [3.05, 3.63) is 52.5 Å². The minimum Gasteiger partial charge on any atom is -0.444 e. The molecule has 1 unspecified atom stereocenters. The number of benzene rings is 1. The number of halogens is 2. The molecule has 3 heterocycles. The second kappa shape index (κ2) is 8.15. The average Bonchev–Trinajstić information content (AvgIpc) is 3.08. The minimum absolute atomic E-state index is 0.228. The number of rotatable bonds is 2. The van der Waals surface area contributed by atoms with E-state index in [1.165, 1.54) is 6.33 Å². The molecule has 0 radical (unpaired) electrons. The minimum atomic E-state index is -0.564. The second-order valence-corrected chi connectivity index (χ2v) is 10.5. The highest BCUT2D eigenvalue weighted by Gasteiger charge is 2.47. The average molecular weight is 489 g/mol. The molecule has 2 fully saturated rings. The van der Waals surface area contributed by atoms with Crippen LogP contribution in [0.15, 0.2) is 36.7 Å². The molecule has 1 amide bonds. The Balaban J connectivity index is 1.45. The molecule has 5 rings (SSSR count). The van der Waals surface area contributed by atoms with Crippen molar-refractivity contribution in [2.75, 3.05) is 13.2 Å². The quantitative estimate of drug-likeness (QED) is 0.416. The third-order valence-electron chi connectivity index (χ3n) is 6.31. The van der Waals surface area contributed by atoms with Gasteiger partial charge in [-0.3, -0.25) is 9.47 Å². The molecule has 33 heavy (non-hydrogen) atoms. The summed E-state index contributed by atoms with van der Waals surface area (Å²) < 4.78 is 13.8. The smallest absolute Gasteiger partial charge is 0.410 e. The van der Waals surface area contributed by atoms with Gasteiger partial charge in [0.25, 0.3) is 0 Å². The van der Waals surface area contributed by atoms with Crippen LogP contribution in [0, 0.1) is 0 Å². The van der Waals surface area contributed by atoms with E-state index < -0.39 is 5.60 Å². The number of ether oxygens (including phenoxy) is 2. The molecule has 0 N–H and O–H groups in total. The fourth-order valence-corrected chi connectivity index (χ4v) is 4.99. The summed E-state index contributed by atoms with van der Waals surface area (Å²) >= 11 is 12.7. The Morgan fingerprint density at radius 1 is 1.18 bits per heavy atom. The summed E-state index contributed by atoms with van der Waals surface area (Å²) in [6.45, 7) is 6.63. The molecule has 174 valence electrons. The number of fused-ring (bicyclic) bond motifs is 1. The zero-order chi connectivity index (χ0) is 23.4. The van der Waals surface area contributed by atoms with E-state index >= 15 is 0 Å². The number of hydrogen-bond acceptors (Lipinski definition) is 5. The zero-order valence-corrected chi connectivity index (χ0v) is 20.4. The van der Waals surface area contributed by atoms with Gasteiger partial charge < -0.3 is 9.47 Å². The predicted molar refractivity (Wildman–Crippen MR) is 127 cm³/mol. The third-order valence-corrected chi connectivity index (χ3v) is 6.89. The number of hydrogen-bond donors (Lipinski definition) is 0. The summed E-state index contributed by atoms with van der Waals surface area (Å²) in [7, 11) is 0. The Hall–Kier alpha value is -2.35. The Bertz CT molecular complexity index is 1200. The normalized spacial score (nSPS) is 20.2. The summed E-state index contributed by atoms with van der Waals surface area (Å²) in [5.74, 6) is 0. The van der Waals surface area contributed by atoms with Crippen LogP contribution in [0.3, 0.4) is 0 Å². The van der Waals surface area contributed by atoms with E-state index in [0.717, 1.165) is 30.5 Å². The SMILES string of the molecule is CC(C)(C)OC(=O)N1CC2(CCC2)OCC1c1ccc(-n2c(Cl)cc3c(Cl)ncnc32)cc1. The lowest BCUT2D eigenvalue weighted by Crippen LogP contribution is -2.58. The monoisotopic (exact) mass is 488 g/mol. The van der Waals surface area contributed by atoms with Gasteiger partial charge in [-0.25, -0.2) is 14.8 Å². The van der Waals surface area contributed by atoms with Gasteiger partial charge in [0.15, 0.2) is 5.65 Å². The summed E-state index contributed by atoms with van der Waals surface area (Å²) in [5.41, 5.74) is 1.65. The Kier molecular flexibility index (Phi) is 5.54. The molecular weight excluding hydrogens is 463 g/mol. The lowest BCUT2D eigenvalue weighted by molar-refractivity contribution is -0.168. The van der Waals surface area contributed by atoms with Gasteiger partial charge in [0.1, 0.15) is 22.2 Å². The van der Waals surface area contributed by atoms with Crippen LogP contribution >= 0.6 is 23.2 Å². The molecule has 2 aromatic heterocycles. The van der Waals surface area contributed by atoms with Gasteiger partial charge in [-0.1, -0.05) is 35.3 Å². The lowest BCUT2D eigenvalue weighted by atomic mass is 9.78. The van der Waals surface area contributed by atoms with Crippen molar-refractivity contribution in [2.45, 2.75) is 57.3 Å². The first-order valence-corrected chi connectivity index (χ1v) is 11.8. The second-order valence-electron chi connectivity index (χ2n) is 9.77. The maximum atomic E-state index is 13.1. The summed E-state index contributed by atoms with van der Waals surface area (Å²) in [5, 5.41) is 1.54. The van der Waals surface area contributed by atoms with Gasteiger partial charge in [-0.05, 0) is 63.8 Å². The van der Waals surface area contributed by atoms with Crippen LogP contribution in [0.2, 0.25) is 10.3 Å². The van der Waals surface area contributed by atoms with Crippen molar-refractivity contribution in [1.29, 1.82) is 0 Å². The Labute approximate surface area is 202 Å². The maximum Gasteiger partial charge on any atom is 0.410 e. The van der Waals surface area contributed by atoms with Crippen molar-refractivity contribution >= 4 is 40.3 Å². The molecule has 1 saturated heterocycles. The van der Waals surface area contributed by atoms with E-state index in [1.807, 2.05) is 54.5 Å². The molecule has 9 heteroatoms. The van der Waals surface area contributed by atoms with Crippen LogP contribution in [-0.2, 0) is 9.47 Å². The largest absolute Gasteiger partial charge is 0.444 e. The van der Waals surface area contributed by atoms with Crippen LogP contribution < -0.4 is 0 Å². The highest BCUT2D eigenvalue weighted by atomic mass is 35.5. The number of carbonyl (C=O) groups excluding carboxylic acids is 1. The number of morpholine rings is 1. The molecule has 7 nitrogen and oxygen atoms in total. The molecule has 1 aliphatic carbocycles.